The summed E-state index contributed by atoms with van der Waals surface area (Å²) in [4.78, 5) is 44.1. The van der Waals surface area contributed by atoms with E-state index >= 15 is 0 Å². The Balaban J connectivity index is 1.60. The van der Waals surface area contributed by atoms with E-state index in [2.05, 4.69) is 10.3 Å². The number of piperazine rings is 1. The Morgan fingerprint density at radius 1 is 1.14 bits per heavy atom. The summed E-state index contributed by atoms with van der Waals surface area (Å²) in [6.45, 7) is 5.57. The first kappa shape index (κ1) is 20.7. The normalized spacial score (nSPS) is 16.4. The van der Waals surface area contributed by atoms with E-state index in [-0.39, 0.29) is 17.9 Å². The molecule has 2 heterocycles. The molecule has 0 saturated carbocycles. The number of para-hydroxylation sites is 1. The molecule has 3 rings (SSSR count). The summed E-state index contributed by atoms with van der Waals surface area (Å²) in [6, 6.07) is 6.70. The average Bonchev–Trinajstić information content (AvgIpc) is 3.20. The van der Waals surface area contributed by atoms with E-state index < -0.39 is 12.0 Å². The van der Waals surface area contributed by atoms with Crippen LogP contribution in [-0.4, -0.2) is 72.0 Å². The summed E-state index contributed by atoms with van der Waals surface area (Å²) in [5.74, 6) is -0.522. The maximum atomic E-state index is 12.9. The number of carbonyl (C=O) groups is 3. The van der Waals surface area contributed by atoms with Crippen molar-refractivity contribution in [1.29, 1.82) is 0 Å². The first-order chi connectivity index (χ1) is 14.0. The number of hydrogen-bond acceptors (Lipinski definition) is 4. The van der Waals surface area contributed by atoms with Gasteiger partial charge in [-0.1, -0.05) is 38.5 Å². The van der Waals surface area contributed by atoms with Crippen molar-refractivity contribution >= 4 is 28.8 Å². The molecule has 0 bridgehead atoms. The van der Waals surface area contributed by atoms with Crippen molar-refractivity contribution in [2.75, 3.05) is 33.3 Å². The van der Waals surface area contributed by atoms with Crippen molar-refractivity contribution in [3.8, 4) is 0 Å². The van der Waals surface area contributed by atoms with E-state index in [9.17, 15) is 14.4 Å². The summed E-state index contributed by atoms with van der Waals surface area (Å²) in [6.07, 6.45) is 2.48. The summed E-state index contributed by atoms with van der Waals surface area (Å²) in [5, 5.41) is 3.68. The lowest BCUT2D eigenvalue weighted by Gasteiger charge is -2.35. The Kier molecular flexibility index (Phi) is 6.41. The number of methoxy groups -OCH3 is 1. The van der Waals surface area contributed by atoms with E-state index in [0.717, 1.165) is 17.3 Å². The van der Waals surface area contributed by atoms with Gasteiger partial charge in [0.2, 0.25) is 0 Å². The predicted molar refractivity (Wildman–Crippen MR) is 110 cm³/mol. The standard InChI is InChI=1S/C21H28N4O4/c1-4-14(2)18(20(27)29-3)23-21(28)25-11-9-24(10-12-25)19(26)16-13-22-17-8-6-5-7-15(16)17/h5-8,13-14,18,22H,4,9-12H2,1-3H3,(H,23,28)/t14-,18+/m0/s1. The quantitative estimate of drug-likeness (QED) is 0.753. The van der Waals surface area contributed by atoms with Crippen LogP contribution in [0.15, 0.2) is 30.5 Å². The number of nitrogens with zero attached hydrogens (tertiary/aromatic N) is 2. The second-order valence-corrected chi connectivity index (χ2v) is 7.36. The van der Waals surface area contributed by atoms with Gasteiger partial charge in [-0.2, -0.15) is 0 Å². The molecule has 156 valence electrons. The molecule has 3 amide bonds. The van der Waals surface area contributed by atoms with Gasteiger partial charge in [0.05, 0.1) is 12.7 Å². The van der Waals surface area contributed by atoms with Crippen molar-refractivity contribution in [2.45, 2.75) is 26.3 Å². The van der Waals surface area contributed by atoms with Gasteiger partial charge in [0.1, 0.15) is 6.04 Å². The van der Waals surface area contributed by atoms with Crippen molar-refractivity contribution < 1.29 is 19.1 Å². The molecule has 1 aromatic carbocycles. The van der Waals surface area contributed by atoms with Crippen LogP contribution in [0.3, 0.4) is 0 Å². The molecule has 29 heavy (non-hydrogen) atoms. The van der Waals surface area contributed by atoms with Gasteiger partial charge in [-0.3, -0.25) is 4.79 Å². The zero-order valence-electron chi connectivity index (χ0n) is 17.1. The fourth-order valence-electron chi connectivity index (χ4n) is 3.55. The summed E-state index contributed by atoms with van der Waals surface area (Å²) < 4.78 is 4.82. The largest absolute Gasteiger partial charge is 0.467 e. The molecule has 0 spiro atoms. The minimum absolute atomic E-state index is 0.0314. The van der Waals surface area contributed by atoms with Crippen LogP contribution in [-0.2, 0) is 9.53 Å². The lowest BCUT2D eigenvalue weighted by Crippen LogP contribution is -2.56. The van der Waals surface area contributed by atoms with Crippen LogP contribution in [0.4, 0.5) is 4.79 Å². The van der Waals surface area contributed by atoms with Crippen molar-refractivity contribution in [3.63, 3.8) is 0 Å². The highest BCUT2D eigenvalue weighted by Gasteiger charge is 2.31. The highest BCUT2D eigenvalue weighted by Crippen LogP contribution is 2.20. The molecular weight excluding hydrogens is 372 g/mol. The molecule has 1 aliphatic heterocycles. The number of carbonyl (C=O) groups excluding carboxylic acids is 3. The smallest absolute Gasteiger partial charge is 0.328 e. The molecule has 1 saturated heterocycles. The third-order valence-corrected chi connectivity index (χ3v) is 5.62. The number of H-pyrrole nitrogens is 1. The highest BCUT2D eigenvalue weighted by atomic mass is 16.5. The van der Waals surface area contributed by atoms with Gasteiger partial charge in [0, 0.05) is 43.3 Å². The second-order valence-electron chi connectivity index (χ2n) is 7.36. The number of aromatic amines is 1. The topological polar surface area (TPSA) is 94.7 Å². The molecule has 8 nitrogen and oxygen atoms in total. The van der Waals surface area contributed by atoms with Gasteiger partial charge in [-0.25, -0.2) is 9.59 Å². The zero-order valence-corrected chi connectivity index (χ0v) is 17.1. The van der Waals surface area contributed by atoms with E-state index in [1.54, 1.807) is 16.0 Å². The predicted octanol–water partition coefficient (Wildman–Crippen LogP) is 2.22. The van der Waals surface area contributed by atoms with Crippen LogP contribution in [0.5, 0.6) is 0 Å². The molecule has 2 aromatic rings. The first-order valence-corrected chi connectivity index (χ1v) is 9.94. The Labute approximate surface area is 170 Å². The third-order valence-electron chi connectivity index (χ3n) is 5.62. The van der Waals surface area contributed by atoms with E-state index in [0.29, 0.717) is 31.7 Å². The Hall–Kier alpha value is -3.03. The molecule has 0 radical (unpaired) electrons. The first-order valence-electron chi connectivity index (χ1n) is 9.94. The molecule has 0 aliphatic carbocycles. The average molecular weight is 400 g/mol. The van der Waals surface area contributed by atoms with Gasteiger partial charge in [0.25, 0.3) is 5.91 Å². The number of hydrogen-bond donors (Lipinski definition) is 2. The lowest BCUT2D eigenvalue weighted by molar-refractivity contribution is -0.144. The Bertz CT molecular complexity index is 886. The fraction of sp³-hybridized carbons (Fsp3) is 0.476. The number of fused-ring (bicyclic) bond motifs is 1. The molecule has 2 atom stereocenters. The maximum absolute atomic E-state index is 12.9. The molecular formula is C21H28N4O4. The van der Waals surface area contributed by atoms with Crippen LogP contribution >= 0.6 is 0 Å². The van der Waals surface area contributed by atoms with Gasteiger partial charge in [-0.05, 0) is 12.0 Å². The molecule has 8 heteroatoms. The fourth-order valence-corrected chi connectivity index (χ4v) is 3.55. The SMILES string of the molecule is CC[C@H](C)[C@@H](NC(=O)N1CCN(C(=O)c2c[nH]c3ccccc23)CC1)C(=O)OC. The monoisotopic (exact) mass is 400 g/mol. The number of ether oxygens (including phenoxy) is 1. The van der Waals surface area contributed by atoms with E-state index in [1.807, 2.05) is 38.1 Å². The minimum atomic E-state index is -0.677. The number of benzene rings is 1. The Morgan fingerprint density at radius 3 is 2.45 bits per heavy atom. The van der Waals surface area contributed by atoms with Gasteiger partial charge in [-0.15, -0.1) is 0 Å². The van der Waals surface area contributed by atoms with Crippen LogP contribution in [0.25, 0.3) is 10.9 Å². The van der Waals surface area contributed by atoms with Crippen LogP contribution < -0.4 is 5.32 Å². The minimum Gasteiger partial charge on any atom is -0.467 e. The Morgan fingerprint density at radius 2 is 1.79 bits per heavy atom. The number of urea groups is 1. The lowest BCUT2D eigenvalue weighted by atomic mass is 9.99. The summed E-state index contributed by atoms with van der Waals surface area (Å²) >= 11 is 0. The van der Waals surface area contributed by atoms with Crippen LogP contribution in [0.1, 0.15) is 30.6 Å². The second kappa shape index (κ2) is 8.98. The third kappa shape index (κ3) is 4.36. The molecule has 0 unspecified atom stereocenters. The zero-order chi connectivity index (χ0) is 21.0. The summed E-state index contributed by atoms with van der Waals surface area (Å²) in [5.41, 5.74) is 1.56. The van der Waals surface area contributed by atoms with Gasteiger partial charge < -0.3 is 24.8 Å². The van der Waals surface area contributed by atoms with Gasteiger partial charge in [0.15, 0.2) is 0 Å². The van der Waals surface area contributed by atoms with E-state index in [1.165, 1.54) is 7.11 Å². The number of amides is 3. The molecule has 1 fully saturated rings. The van der Waals surface area contributed by atoms with Gasteiger partial charge >= 0.3 is 12.0 Å². The number of esters is 1. The van der Waals surface area contributed by atoms with Crippen LogP contribution in [0.2, 0.25) is 0 Å². The number of nitrogens with one attached hydrogen (secondary N) is 2. The van der Waals surface area contributed by atoms with Crippen molar-refractivity contribution in [2.24, 2.45) is 5.92 Å². The molecule has 1 aliphatic rings. The molecule has 1 aromatic heterocycles. The molecule has 2 N–H and O–H groups in total. The van der Waals surface area contributed by atoms with Crippen molar-refractivity contribution in [3.05, 3.63) is 36.0 Å². The summed E-state index contributed by atoms with van der Waals surface area (Å²) in [7, 11) is 1.32. The van der Waals surface area contributed by atoms with E-state index in [4.69, 9.17) is 4.74 Å². The van der Waals surface area contributed by atoms with Crippen molar-refractivity contribution in [1.82, 2.24) is 20.1 Å². The van der Waals surface area contributed by atoms with Crippen LogP contribution in [0, 0.1) is 5.92 Å². The highest BCUT2D eigenvalue weighted by molar-refractivity contribution is 6.06. The number of rotatable bonds is 5. The maximum Gasteiger partial charge on any atom is 0.328 e. The number of aromatic nitrogens is 1.